The summed E-state index contributed by atoms with van der Waals surface area (Å²) in [7, 11) is 3.32. The van der Waals surface area contributed by atoms with Crippen LogP contribution in [0.3, 0.4) is 0 Å². The van der Waals surface area contributed by atoms with Crippen LogP contribution in [0.25, 0.3) is 27.5 Å². The van der Waals surface area contributed by atoms with Gasteiger partial charge in [0.2, 0.25) is 0 Å². The molecule has 3 aliphatic rings. The fraction of sp³-hybridized carbons (Fsp3) is 0.239. The maximum atomic E-state index is 17.0. The first-order valence-corrected chi connectivity index (χ1v) is 25.9. The average molecular weight is 997 g/mol. The summed E-state index contributed by atoms with van der Waals surface area (Å²) in [6, 6.07) is 52.7. The molecule has 1 aliphatic carbocycles. The smallest absolute Gasteiger partial charge is 0.172 e. The van der Waals surface area contributed by atoms with Crippen molar-refractivity contribution in [3.05, 3.63) is 256 Å². The van der Waals surface area contributed by atoms with Gasteiger partial charge in [0.05, 0.1) is 37.0 Å². The molecule has 0 radical (unpaired) electrons. The van der Waals surface area contributed by atoms with Crippen LogP contribution in [0.4, 0.5) is 8.78 Å². The van der Waals surface area contributed by atoms with Crippen molar-refractivity contribution in [2.45, 2.75) is 82.6 Å². The van der Waals surface area contributed by atoms with Crippen molar-refractivity contribution >= 4 is 33.2 Å². The summed E-state index contributed by atoms with van der Waals surface area (Å²) < 4.78 is 59.7. The van der Waals surface area contributed by atoms with Crippen molar-refractivity contribution in [1.29, 1.82) is 0 Å². The Labute approximate surface area is 438 Å². The summed E-state index contributed by atoms with van der Waals surface area (Å²) in [4.78, 5) is 5.87. The molecular weight excluding hydrogens is 935 g/mol. The molecule has 8 heteroatoms. The van der Waals surface area contributed by atoms with Crippen LogP contribution in [0, 0.1) is 17.6 Å². The maximum absolute atomic E-state index is 17.0. The lowest BCUT2D eigenvalue weighted by Crippen LogP contribution is -2.24. The van der Waals surface area contributed by atoms with E-state index in [1.807, 2.05) is 97.1 Å². The summed E-state index contributed by atoms with van der Waals surface area (Å²) in [6.45, 7) is 13.2. The molecule has 1 aromatic heterocycles. The first-order chi connectivity index (χ1) is 36.2. The Morgan fingerprint density at radius 1 is 0.613 bits per heavy atom. The van der Waals surface area contributed by atoms with Gasteiger partial charge in [0.1, 0.15) is 40.1 Å². The van der Waals surface area contributed by atoms with Crippen LogP contribution < -0.4 is 14.8 Å². The molecule has 11 rings (SSSR count). The number of nitrogens with zero attached hydrogens (tertiary/aromatic N) is 1. The second kappa shape index (κ2) is 19.7. The van der Waals surface area contributed by atoms with Crippen LogP contribution in [0.2, 0.25) is 0 Å². The first-order valence-electron chi connectivity index (χ1n) is 25.9. The molecule has 7 aromatic carbocycles. The van der Waals surface area contributed by atoms with Gasteiger partial charge in [-0.3, -0.25) is 4.99 Å². The molecule has 2 aliphatic heterocycles. The minimum atomic E-state index is -0.588. The molecule has 5 unspecified atom stereocenters. The number of aliphatic imine (C=N–C) groups is 1. The zero-order valence-corrected chi connectivity index (χ0v) is 43.8. The van der Waals surface area contributed by atoms with Crippen molar-refractivity contribution in [3.8, 4) is 11.5 Å². The minimum absolute atomic E-state index is 0.133. The van der Waals surface area contributed by atoms with Gasteiger partial charge in [-0.05, 0) is 116 Å². The fourth-order valence-electron chi connectivity index (χ4n) is 11.3. The summed E-state index contributed by atoms with van der Waals surface area (Å²) in [6.07, 6.45) is 6.76. The Morgan fingerprint density at radius 3 is 1.83 bits per heavy atom. The SMILES string of the molecule is COC1=CCC(C2=N/C(=C(/Oc3cccc4oc5ccccc5c34)C3=C(c4ccc(C(C)(C)C)cc4)C(c4ccccc4F)C(c4ccc(OC)cc4)N3)C(c3ccc(C(C)(C)C)cc3)C2c2ccccc2F)C=C1. The lowest BCUT2D eigenvalue weighted by Gasteiger charge is -2.28. The number of halogens is 2. The Hall–Kier alpha value is -7.97. The molecule has 3 heterocycles. The first kappa shape index (κ1) is 49.3. The molecule has 0 fully saturated rings. The highest BCUT2D eigenvalue weighted by Crippen LogP contribution is 2.56. The molecule has 8 aromatic rings. The third kappa shape index (κ3) is 9.25. The Bertz CT molecular complexity index is 3600. The third-order valence-electron chi connectivity index (χ3n) is 15.3. The van der Waals surface area contributed by atoms with Crippen molar-refractivity contribution in [3.63, 3.8) is 0 Å². The number of para-hydroxylation sites is 1. The van der Waals surface area contributed by atoms with Crippen LogP contribution in [0.1, 0.15) is 111 Å². The molecule has 0 saturated carbocycles. The number of hydrogen-bond donors (Lipinski definition) is 1. The minimum Gasteiger partial charge on any atom is -0.497 e. The van der Waals surface area contributed by atoms with Gasteiger partial charge in [-0.1, -0.05) is 169 Å². The molecule has 5 atom stereocenters. The van der Waals surface area contributed by atoms with Crippen molar-refractivity contribution in [2.75, 3.05) is 14.2 Å². The second-order valence-electron chi connectivity index (χ2n) is 22.0. The number of ether oxygens (including phenoxy) is 3. The maximum Gasteiger partial charge on any atom is 0.172 e. The number of nitrogens with one attached hydrogen (secondary N) is 1. The van der Waals surface area contributed by atoms with Gasteiger partial charge in [0.15, 0.2) is 5.76 Å². The monoisotopic (exact) mass is 996 g/mol. The van der Waals surface area contributed by atoms with E-state index in [1.54, 1.807) is 26.4 Å². The average Bonchev–Trinajstić information content (AvgIpc) is 4.14. The van der Waals surface area contributed by atoms with E-state index in [9.17, 15) is 0 Å². The van der Waals surface area contributed by atoms with Crippen LogP contribution in [-0.2, 0) is 15.6 Å². The van der Waals surface area contributed by atoms with E-state index in [-0.39, 0.29) is 28.4 Å². The van der Waals surface area contributed by atoms with Crippen LogP contribution >= 0.6 is 0 Å². The fourth-order valence-corrected chi connectivity index (χ4v) is 11.3. The van der Waals surface area contributed by atoms with E-state index in [0.717, 1.165) is 61.2 Å². The Kier molecular flexibility index (Phi) is 12.9. The van der Waals surface area contributed by atoms with Crippen LogP contribution in [0.5, 0.6) is 11.5 Å². The molecule has 1 N–H and O–H groups in total. The largest absolute Gasteiger partial charge is 0.497 e. The van der Waals surface area contributed by atoms with Gasteiger partial charge in [-0.25, -0.2) is 8.78 Å². The standard InChI is InChI=1S/C67H62F2N2O4/c1-66(2,3)44-32-24-40(25-33-44)56-59(48-16-9-12-19-51(48)68)61(42-28-36-46(72-7)37-29-42)70-63(56)65(75-55-23-15-22-54-58(55)50-18-11-14-21-53(50)74-54)64-57(41-26-34-45(35-27-41)67(4,5)6)60(49-17-10-13-20-52(49)69)62(71-64)43-30-38-47(73-8)39-31-43/h9-30,32-39,43,57,59-61,70H,31H2,1-8H3/b65-64+. The molecule has 378 valence electrons. The van der Waals surface area contributed by atoms with Gasteiger partial charge >= 0.3 is 0 Å². The van der Waals surface area contributed by atoms with Crippen LogP contribution in [-0.4, -0.2) is 19.9 Å². The molecule has 75 heavy (non-hydrogen) atoms. The summed E-state index contributed by atoms with van der Waals surface area (Å²) in [5.74, 6) is -0.172. The summed E-state index contributed by atoms with van der Waals surface area (Å²) in [5.41, 5.74) is 10.1. The molecule has 0 spiro atoms. The molecule has 0 amide bonds. The molecule has 0 bridgehead atoms. The van der Waals surface area contributed by atoms with Crippen LogP contribution in [0.15, 0.2) is 214 Å². The van der Waals surface area contributed by atoms with E-state index < -0.39 is 23.8 Å². The number of hydrogen-bond acceptors (Lipinski definition) is 6. The predicted molar refractivity (Wildman–Crippen MR) is 298 cm³/mol. The lowest BCUT2D eigenvalue weighted by atomic mass is 9.74. The van der Waals surface area contributed by atoms with E-state index >= 15 is 8.78 Å². The number of rotatable bonds is 11. The van der Waals surface area contributed by atoms with Crippen molar-refractivity contribution < 1.29 is 27.4 Å². The highest BCUT2D eigenvalue weighted by molar-refractivity contribution is 6.08. The van der Waals surface area contributed by atoms with Gasteiger partial charge < -0.3 is 23.9 Å². The summed E-state index contributed by atoms with van der Waals surface area (Å²) >= 11 is 0. The third-order valence-corrected chi connectivity index (χ3v) is 15.3. The number of furan rings is 1. The number of allylic oxidation sites excluding steroid dienone is 4. The molecule has 0 saturated heterocycles. The van der Waals surface area contributed by atoms with Crippen molar-refractivity contribution in [1.82, 2.24) is 5.32 Å². The van der Waals surface area contributed by atoms with E-state index in [0.29, 0.717) is 51.8 Å². The summed E-state index contributed by atoms with van der Waals surface area (Å²) in [5, 5.41) is 5.73. The Balaban J connectivity index is 1.28. The molecular formula is C67H62F2N2O4. The highest BCUT2D eigenvalue weighted by Gasteiger charge is 2.47. The predicted octanol–water partition coefficient (Wildman–Crippen LogP) is 16.7. The number of methoxy groups -OCH3 is 2. The van der Waals surface area contributed by atoms with Gasteiger partial charge in [0, 0.05) is 34.8 Å². The van der Waals surface area contributed by atoms with E-state index in [1.165, 1.54) is 12.1 Å². The molecule has 6 nitrogen and oxygen atoms in total. The van der Waals surface area contributed by atoms with Crippen molar-refractivity contribution in [2.24, 2.45) is 10.9 Å². The number of fused-ring (bicyclic) bond motifs is 3. The highest BCUT2D eigenvalue weighted by atomic mass is 19.1. The van der Waals surface area contributed by atoms with E-state index in [2.05, 4.69) is 108 Å². The van der Waals surface area contributed by atoms with Gasteiger partial charge in [-0.15, -0.1) is 0 Å². The van der Waals surface area contributed by atoms with E-state index in [4.69, 9.17) is 23.6 Å². The quantitative estimate of drug-likeness (QED) is 0.131. The lowest BCUT2D eigenvalue weighted by molar-refractivity contribution is 0.302. The second-order valence-corrected chi connectivity index (χ2v) is 22.0. The van der Waals surface area contributed by atoms with Gasteiger partial charge in [-0.2, -0.15) is 0 Å². The normalized spacial score (nSPS) is 20.5. The van der Waals surface area contributed by atoms with Gasteiger partial charge in [0.25, 0.3) is 0 Å². The number of benzene rings is 7. The topological polar surface area (TPSA) is 65.2 Å². The Morgan fingerprint density at radius 2 is 1.21 bits per heavy atom. The zero-order chi connectivity index (χ0) is 52.2. The zero-order valence-electron chi connectivity index (χ0n) is 43.8.